The maximum Gasteiger partial charge on any atom is 0.156 e. The number of aliphatic hydroxyl groups excluding tert-OH is 1. The maximum atomic E-state index is 8.95. The molecule has 0 fully saturated rings. The van der Waals surface area contributed by atoms with Crippen molar-refractivity contribution in [2.24, 2.45) is 5.16 Å². The highest BCUT2D eigenvalue weighted by molar-refractivity contribution is 6.01. The third-order valence-electron chi connectivity index (χ3n) is 2.41. The van der Waals surface area contributed by atoms with Crippen LogP contribution in [0.1, 0.15) is 18.9 Å². The first kappa shape index (κ1) is 11.0. The van der Waals surface area contributed by atoms with Gasteiger partial charge in [0.05, 0.1) is 18.9 Å². The molecule has 1 aliphatic rings. The standard InChI is InChI=1S/C12H15NO3/c1-2-15-10-5-3-4-9(6-10)12-7-11(8-14)16-13-12/h3-6,11,14H,2,7-8H2,1H3. The van der Waals surface area contributed by atoms with Crippen molar-refractivity contribution in [3.8, 4) is 5.75 Å². The van der Waals surface area contributed by atoms with Gasteiger partial charge in [0.1, 0.15) is 5.75 Å². The van der Waals surface area contributed by atoms with E-state index in [0.717, 1.165) is 17.0 Å². The molecular weight excluding hydrogens is 206 g/mol. The van der Waals surface area contributed by atoms with Crippen molar-refractivity contribution in [3.05, 3.63) is 29.8 Å². The van der Waals surface area contributed by atoms with Crippen molar-refractivity contribution in [2.45, 2.75) is 19.4 Å². The Balaban J connectivity index is 2.12. The summed E-state index contributed by atoms with van der Waals surface area (Å²) in [5, 5.41) is 12.9. The summed E-state index contributed by atoms with van der Waals surface area (Å²) in [4.78, 5) is 5.07. The molecule has 0 radical (unpaired) electrons. The predicted molar refractivity (Wildman–Crippen MR) is 60.7 cm³/mol. The molecule has 16 heavy (non-hydrogen) atoms. The lowest BCUT2D eigenvalue weighted by atomic mass is 10.1. The number of rotatable bonds is 4. The molecule has 1 aliphatic heterocycles. The zero-order valence-electron chi connectivity index (χ0n) is 9.22. The Morgan fingerprint density at radius 3 is 3.12 bits per heavy atom. The Labute approximate surface area is 94.5 Å². The quantitative estimate of drug-likeness (QED) is 0.839. The molecule has 86 valence electrons. The van der Waals surface area contributed by atoms with Gasteiger partial charge in [-0.1, -0.05) is 17.3 Å². The molecular formula is C12H15NO3. The largest absolute Gasteiger partial charge is 0.494 e. The van der Waals surface area contributed by atoms with Crippen molar-refractivity contribution in [1.82, 2.24) is 0 Å². The van der Waals surface area contributed by atoms with Crippen LogP contribution < -0.4 is 4.74 Å². The molecule has 0 saturated heterocycles. The van der Waals surface area contributed by atoms with Gasteiger partial charge in [-0.15, -0.1) is 0 Å². The SMILES string of the molecule is CCOc1cccc(C2=NOC(CO)C2)c1. The van der Waals surface area contributed by atoms with E-state index >= 15 is 0 Å². The Morgan fingerprint density at radius 1 is 1.56 bits per heavy atom. The van der Waals surface area contributed by atoms with Gasteiger partial charge in [-0.25, -0.2) is 0 Å². The third kappa shape index (κ3) is 2.33. The van der Waals surface area contributed by atoms with Crippen LogP contribution >= 0.6 is 0 Å². The summed E-state index contributed by atoms with van der Waals surface area (Å²) in [5.41, 5.74) is 1.85. The molecule has 1 unspecified atom stereocenters. The van der Waals surface area contributed by atoms with E-state index in [4.69, 9.17) is 14.7 Å². The fourth-order valence-electron chi connectivity index (χ4n) is 1.63. The van der Waals surface area contributed by atoms with E-state index in [-0.39, 0.29) is 12.7 Å². The summed E-state index contributed by atoms with van der Waals surface area (Å²) in [6, 6.07) is 7.73. The van der Waals surface area contributed by atoms with Crippen molar-refractivity contribution in [1.29, 1.82) is 0 Å². The average Bonchev–Trinajstić information content (AvgIpc) is 2.78. The molecule has 4 heteroatoms. The summed E-state index contributed by atoms with van der Waals surface area (Å²) in [5.74, 6) is 0.829. The van der Waals surface area contributed by atoms with E-state index in [1.807, 2.05) is 31.2 Å². The van der Waals surface area contributed by atoms with Crippen LogP contribution in [0.2, 0.25) is 0 Å². The molecule has 0 amide bonds. The van der Waals surface area contributed by atoms with Gasteiger partial charge in [0, 0.05) is 12.0 Å². The van der Waals surface area contributed by atoms with Crippen molar-refractivity contribution in [2.75, 3.05) is 13.2 Å². The van der Waals surface area contributed by atoms with Crippen LogP contribution in [-0.2, 0) is 4.84 Å². The molecule has 1 atom stereocenters. The normalized spacial score (nSPS) is 19.1. The second kappa shape index (κ2) is 4.99. The number of oxime groups is 1. The minimum atomic E-state index is -0.203. The second-order valence-electron chi connectivity index (χ2n) is 3.61. The smallest absolute Gasteiger partial charge is 0.156 e. The van der Waals surface area contributed by atoms with E-state index < -0.39 is 0 Å². The van der Waals surface area contributed by atoms with Gasteiger partial charge in [-0.3, -0.25) is 0 Å². The molecule has 1 aromatic carbocycles. The first-order valence-corrected chi connectivity index (χ1v) is 5.40. The van der Waals surface area contributed by atoms with Crippen molar-refractivity contribution in [3.63, 3.8) is 0 Å². The first-order chi connectivity index (χ1) is 7.83. The zero-order chi connectivity index (χ0) is 11.4. The molecule has 0 spiro atoms. The number of hydrogen-bond donors (Lipinski definition) is 1. The van der Waals surface area contributed by atoms with Crippen LogP contribution in [0.3, 0.4) is 0 Å². The Morgan fingerprint density at radius 2 is 2.44 bits per heavy atom. The molecule has 0 bridgehead atoms. The lowest BCUT2D eigenvalue weighted by molar-refractivity contribution is 0.0390. The second-order valence-corrected chi connectivity index (χ2v) is 3.61. The summed E-state index contributed by atoms with van der Waals surface area (Å²) >= 11 is 0. The number of benzene rings is 1. The van der Waals surface area contributed by atoms with Gasteiger partial charge < -0.3 is 14.7 Å². The van der Waals surface area contributed by atoms with E-state index in [1.165, 1.54) is 0 Å². The molecule has 0 aliphatic carbocycles. The van der Waals surface area contributed by atoms with Crippen molar-refractivity contribution >= 4 is 5.71 Å². The third-order valence-corrected chi connectivity index (χ3v) is 2.41. The molecule has 2 rings (SSSR count). The fraction of sp³-hybridized carbons (Fsp3) is 0.417. The van der Waals surface area contributed by atoms with Gasteiger partial charge in [-0.2, -0.15) is 0 Å². The Bertz CT molecular complexity index is 390. The van der Waals surface area contributed by atoms with Gasteiger partial charge in [-0.05, 0) is 19.1 Å². The molecule has 0 aromatic heterocycles. The fourth-order valence-corrected chi connectivity index (χ4v) is 1.63. The first-order valence-electron chi connectivity index (χ1n) is 5.40. The van der Waals surface area contributed by atoms with Crippen LogP contribution in [0.5, 0.6) is 5.75 Å². The number of aliphatic hydroxyl groups is 1. The van der Waals surface area contributed by atoms with Crippen molar-refractivity contribution < 1.29 is 14.7 Å². The van der Waals surface area contributed by atoms with Gasteiger partial charge in [0.2, 0.25) is 0 Å². The number of ether oxygens (including phenoxy) is 1. The summed E-state index contributed by atoms with van der Waals surface area (Å²) < 4.78 is 5.41. The predicted octanol–water partition coefficient (Wildman–Crippen LogP) is 1.57. The van der Waals surface area contributed by atoms with E-state index in [0.29, 0.717) is 13.0 Å². The van der Waals surface area contributed by atoms with Gasteiger partial charge >= 0.3 is 0 Å². The van der Waals surface area contributed by atoms with Crippen LogP contribution in [0.15, 0.2) is 29.4 Å². The maximum absolute atomic E-state index is 8.95. The lowest BCUT2D eigenvalue weighted by Crippen LogP contribution is -2.12. The minimum Gasteiger partial charge on any atom is -0.494 e. The highest BCUT2D eigenvalue weighted by Gasteiger charge is 2.21. The highest BCUT2D eigenvalue weighted by Crippen LogP contribution is 2.20. The Hall–Kier alpha value is -1.55. The molecule has 0 saturated carbocycles. The molecule has 1 heterocycles. The van der Waals surface area contributed by atoms with E-state index in [1.54, 1.807) is 0 Å². The molecule has 1 aromatic rings. The minimum absolute atomic E-state index is 0.00183. The van der Waals surface area contributed by atoms with Crippen LogP contribution in [0.4, 0.5) is 0 Å². The number of nitrogens with zero attached hydrogens (tertiary/aromatic N) is 1. The number of hydrogen-bond acceptors (Lipinski definition) is 4. The monoisotopic (exact) mass is 221 g/mol. The topological polar surface area (TPSA) is 51.0 Å². The summed E-state index contributed by atoms with van der Waals surface area (Å²) in [6.45, 7) is 2.59. The highest BCUT2D eigenvalue weighted by atomic mass is 16.6. The van der Waals surface area contributed by atoms with Crippen LogP contribution in [-0.4, -0.2) is 30.1 Å². The van der Waals surface area contributed by atoms with Crippen LogP contribution in [0, 0.1) is 0 Å². The zero-order valence-corrected chi connectivity index (χ0v) is 9.22. The Kier molecular flexibility index (Phi) is 3.41. The van der Waals surface area contributed by atoms with Gasteiger partial charge in [0.15, 0.2) is 6.10 Å². The molecule has 1 N–H and O–H groups in total. The van der Waals surface area contributed by atoms with Gasteiger partial charge in [0.25, 0.3) is 0 Å². The lowest BCUT2D eigenvalue weighted by Gasteiger charge is -2.05. The van der Waals surface area contributed by atoms with E-state index in [9.17, 15) is 0 Å². The van der Waals surface area contributed by atoms with Crippen LogP contribution in [0.25, 0.3) is 0 Å². The average molecular weight is 221 g/mol. The molecule has 4 nitrogen and oxygen atoms in total. The van der Waals surface area contributed by atoms with E-state index in [2.05, 4.69) is 5.16 Å². The summed E-state index contributed by atoms with van der Waals surface area (Å²) in [6.07, 6.45) is 0.442. The summed E-state index contributed by atoms with van der Waals surface area (Å²) in [7, 11) is 0.